The summed E-state index contributed by atoms with van der Waals surface area (Å²) in [5.41, 5.74) is 2.30. The van der Waals surface area contributed by atoms with Gasteiger partial charge in [0.05, 0.1) is 6.33 Å². The third-order valence-electron chi connectivity index (χ3n) is 4.51. The molecule has 2 amide bonds. The fraction of sp³-hybridized carbons (Fsp3) is 0.444. The lowest BCUT2D eigenvalue weighted by atomic mass is 10.1. The molecule has 1 atom stereocenters. The Morgan fingerprint density at radius 2 is 2.25 bits per heavy atom. The van der Waals surface area contributed by atoms with Gasteiger partial charge < -0.3 is 20.1 Å². The summed E-state index contributed by atoms with van der Waals surface area (Å²) in [4.78, 5) is 23.4. The Hall–Kier alpha value is -2.50. The molecule has 1 saturated heterocycles. The van der Waals surface area contributed by atoms with Crippen LogP contribution < -0.4 is 10.2 Å². The van der Waals surface area contributed by atoms with E-state index in [1.807, 2.05) is 13.1 Å². The van der Waals surface area contributed by atoms with Crippen molar-refractivity contribution >= 4 is 11.7 Å². The number of carbonyl (C=O) groups is 1. The fourth-order valence-corrected chi connectivity index (χ4v) is 3.19. The predicted octanol–water partition coefficient (Wildman–Crippen LogP) is 2.12. The molecule has 0 radical (unpaired) electrons. The third-order valence-corrected chi connectivity index (χ3v) is 4.51. The number of rotatable bonds is 6. The lowest BCUT2D eigenvalue weighted by Crippen LogP contribution is -2.41. The van der Waals surface area contributed by atoms with Gasteiger partial charge >= 0.3 is 6.03 Å². The van der Waals surface area contributed by atoms with Crippen molar-refractivity contribution in [1.82, 2.24) is 20.2 Å². The smallest absolute Gasteiger partial charge is 0.317 e. The van der Waals surface area contributed by atoms with E-state index in [1.165, 1.54) is 5.69 Å². The van der Waals surface area contributed by atoms with Gasteiger partial charge in [0.1, 0.15) is 0 Å². The number of urea groups is 1. The van der Waals surface area contributed by atoms with E-state index in [1.54, 1.807) is 17.4 Å². The number of hydrogen-bond donors (Lipinski definition) is 2. The zero-order valence-electron chi connectivity index (χ0n) is 14.1. The third kappa shape index (κ3) is 4.28. The first kappa shape index (κ1) is 16.4. The molecule has 128 valence electrons. The minimum absolute atomic E-state index is 0.00678. The summed E-state index contributed by atoms with van der Waals surface area (Å²) in [7, 11) is 1.87. The molecule has 2 aromatic rings. The minimum atomic E-state index is -0.00678. The number of carbonyl (C=O) groups excluding carboxylic acids is 1. The lowest BCUT2D eigenvalue weighted by Gasteiger charge is -2.23. The summed E-state index contributed by atoms with van der Waals surface area (Å²) in [6.07, 6.45) is 5.33. The molecular weight excluding hydrogens is 302 g/mol. The Labute approximate surface area is 142 Å². The van der Waals surface area contributed by atoms with Gasteiger partial charge in [-0.25, -0.2) is 9.78 Å². The molecule has 2 N–H and O–H groups in total. The van der Waals surface area contributed by atoms with E-state index in [9.17, 15) is 4.79 Å². The molecule has 0 spiro atoms. The predicted molar refractivity (Wildman–Crippen MR) is 95.1 cm³/mol. The van der Waals surface area contributed by atoms with Crippen LogP contribution in [0.2, 0.25) is 0 Å². The summed E-state index contributed by atoms with van der Waals surface area (Å²) in [6, 6.07) is 10.5. The van der Waals surface area contributed by atoms with Crippen molar-refractivity contribution in [2.75, 3.05) is 38.1 Å². The molecule has 1 aliphatic rings. The van der Waals surface area contributed by atoms with Crippen LogP contribution in [0.5, 0.6) is 0 Å². The molecule has 0 saturated carbocycles. The van der Waals surface area contributed by atoms with E-state index in [4.69, 9.17) is 0 Å². The molecule has 1 aliphatic heterocycles. The molecule has 0 aliphatic carbocycles. The van der Waals surface area contributed by atoms with Gasteiger partial charge in [0.15, 0.2) is 0 Å². The largest absolute Gasteiger partial charge is 0.371 e. The van der Waals surface area contributed by atoms with E-state index >= 15 is 0 Å². The van der Waals surface area contributed by atoms with Crippen LogP contribution in [0.25, 0.3) is 0 Å². The Balaban J connectivity index is 1.40. The summed E-state index contributed by atoms with van der Waals surface area (Å²) in [5.74, 6) is 0.522. The number of aromatic amines is 1. The number of anilines is 1. The highest BCUT2D eigenvalue weighted by Crippen LogP contribution is 2.23. The summed E-state index contributed by atoms with van der Waals surface area (Å²) >= 11 is 0. The van der Waals surface area contributed by atoms with Crippen LogP contribution in [0.4, 0.5) is 10.5 Å². The van der Waals surface area contributed by atoms with Crippen LogP contribution in [-0.4, -0.2) is 54.1 Å². The number of nitrogens with zero attached hydrogens (tertiary/aromatic N) is 3. The monoisotopic (exact) mass is 327 g/mol. The quantitative estimate of drug-likeness (QED) is 0.854. The van der Waals surface area contributed by atoms with Crippen LogP contribution in [-0.2, 0) is 6.42 Å². The number of imidazole rings is 1. The van der Waals surface area contributed by atoms with Crippen LogP contribution in [0.15, 0.2) is 42.9 Å². The fourth-order valence-electron chi connectivity index (χ4n) is 3.19. The van der Waals surface area contributed by atoms with Crippen molar-refractivity contribution in [2.24, 2.45) is 5.92 Å². The number of para-hydroxylation sites is 1. The molecule has 0 unspecified atom stereocenters. The van der Waals surface area contributed by atoms with Gasteiger partial charge in [-0.1, -0.05) is 18.2 Å². The molecule has 6 nitrogen and oxygen atoms in total. The van der Waals surface area contributed by atoms with Crippen molar-refractivity contribution in [3.8, 4) is 0 Å². The van der Waals surface area contributed by atoms with Gasteiger partial charge in [0.25, 0.3) is 0 Å². The molecule has 1 aromatic heterocycles. The van der Waals surface area contributed by atoms with Gasteiger partial charge in [0.2, 0.25) is 0 Å². The average molecular weight is 327 g/mol. The van der Waals surface area contributed by atoms with Gasteiger partial charge in [-0.2, -0.15) is 0 Å². The Morgan fingerprint density at radius 1 is 1.42 bits per heavy atom. The molecule has 1 fully saturated rings. The van der Waals surface area contributed by atoms with Crippen molar-refractivity contribution in [3.63, 3.8) is 0 Å². The topological polar surface area (TPSA) is 64.3 Å². The number of hydrogen-bond acceptors (Lipinski definition) is 3. The number of amides is 2. The maximum atomic E-state index is 12.2. The summed E-state index contributed by atoms with van der Waals surface area (Å²) in [6.45, 7) is 3.48. The van der Waals surface area contributed by atoms with Crippen molar-refractivity contribution in [2.45, 2.75) is 12.8 Å². The van der Waals surface area contributed by atoms with Gasteiger partial charge in [0, 0.05) is 57.2 Å². The first-order valence-electron chi connectivity index (χ1n) is 8.48. The Morgan fingerprint density at radius 3 is 3.00 bits per heavy atom. The van der Waals surface area contributed by atoms with E-state index in [2.05, 4.69) is 44.5 Å². The van der Waals surface area contributed by atoms with Gasteiger partial charge in [-0.15, -0.1) is 0 Å². The van der Waals surface area contributed by atoms with Gasteiger partial charge in [-0.05, 0) is 24.5 Å². The molecule has 0 bridgehead atoms. The maximum absolute atomic E-state index is 12.2. The summed E-state index contributed by atoms with van der Waals surface area (Å²) < 4.78 is 0. The molecule has 6 heteroatoms. The summed E-state index contributed by atoms with van der Waals surface area (Å²) in [5, 5.41) is 2.96. The van der Waals surface area contributed by atoms with Crippen molar-refractivity contribution in [1.29, 1.82) is 0 Å². The minimum Gasteiger partial charge on any atom is -0.371 e. The molecular formula is C18H25N5O. The maximum Gasteiger partial charge on any atom is 0.317 e. The standard InChI is InChI=1S/C18H25N5O/c1-22(18(24)20-9-7-16-11-19-14-21-16)12-15-8-10-23(13-15)17-5-3-2-4-6-17/h2-6,11,14-15H,7-10,12-13H2,1H3,(H,19,21)(H,20,24)/t15-/m0/s1. The molecule has 24 heavy (non-hydrogen) atoms. The van der Waals surface area contributed by atoms with E-state index in [-0.39, 0.29) is 6.03 Å². The van der Waals surface area contributed by atoms with Crippen LogP contribution in [0, 0.1) is 5.92 Å². The SMILES string of the molecule is CN(C[C@@H]1CCN(c2ccccc2)C1)C(=O)NCCc1cnc[nH]1. The second-order valence-electron chi connectivity index (χ2n) is 6.38. The normalized spacial score (nSPS) is 17.0. The lowest BCUT2D eigenvalue weighted by molar-refractivity contribution is 0.202. The second kappa shape index (κ2) is 7.86. The number of benzene rings is 1. The van der Waals surface area contributed by atoms with Crippen molar-refractivity contribution < 1.29 is 4.79 Å². The van der Waals surface area contributed by atoms with E-state index < -0.39 is 0 Å². The van der Waals surface area contributed by atoms with Crippen LogP contribution in [0.3, 0.4) is 0 Å². The number of aromatic nitrogens is 2. The van der Waals surface area contributed by atoms with Crippen molar-refractivity contribution in [3.05, 3.63) is 48.5 Å². The van der Waals surface area contributed by atoms with E-state index in [0.717, 1.165) is 38.2 Å². The number of H-pyrrole nitrogens is 1. The van der Waals surface area contributed by atoms with Gasteiger partial charge in [-0.3, -0.25) is 0 Å². The molecule has 1 aromatic carbocycles. The number of nitrogens with one attached hydrogen (secondary N) is 2. The first-order chi connectivity index (χ1) is 11.7. The first-order valence-corrected chi connectivity index (χ1v) is 8.48. The highest BCUT2D eigenvalue weighted by Gasteiger charge is 2.24. The Bertz CT molecular complexity index is 628. The molecule has 3 rings (SSSR count). The zero-order valence-corrected chi connectivity index (χ0v) is 14.1. The second-order valence-corrected chi connectivity index (χ2v) is 6.38. The van der Waals surface area contributed by atoms with Crippen LogP contribution in [0.1, 0.15) is 12.1 Å². The highest BCUT2D eigenvalue weighted by atomic mass is 16.2. The zero-order chi connectivity index (χ0) is 16.8. The van der Waals surface area contributed by atoms with Crippen LogP contribution >= 0.6 is 0 Å². The Kier molecular flexibility index (Phi) is 5.36. The van der Waals surface area contributed by atoms with E-state index in [0.29, 0.717) is 12.5 Å². The molecule has 2 heterocycles. The highest BCUT2D eigenvalue weighted by molar-refractivity contribution is 5.73. The average Bonchev–Trinajstić information content (AvgIpc) is 3.27.